The Morgan fingerprint density at radius 1 is 1.50 bits per heavy atom. The average Bonchev–Trinajstić information content (AvgIpc) is 2.97. The number of thiophene rings is 1. The Hall–Kier alpha value is -1.40. The van der Waals surface area contributed by atoms with E-state index in [1.54, 1.807) is 0 Å². The van der Waals surface area contributed by atoms with Gasteiger partial charge in [0.15, 0.2) is 5.82 Å². The van der Waals surface area contributed by atoms with Crippen LogP contribution in [0.4, 0.5) is 5.00 Å². The minimum atomic E-state index is 0.258. The highest BCUT2D eigenvalue weighted by Gasteiger charge is 2.23. The highest BCUT2D eigenvalue weighted by molar-refractivity contribution is 7.19. The van der Waals surface area contributed by atoms with Crippen LogP contribution in [0.25, 0.3) is 10.8 Å². The van der Waals surface area contributed by atoms with E-state index in [9.17, 15) is 0 Å². The van der Waals surface area contributed by atoms with E-state index in [2.05, 4.69) is 10.1 Å². The summed E-state index contributed by atoms with van der Waals surface area (Å²) in [5.41, 5.74) is 6.85. The van der Waals surface area contributed by atoms with Crippen molar-refractivity contribution in [1.82, 2.24) is 10.1 Å². The summed E-state index contributed by atoms with van der Waals surface area (Å²) in [5.74, 6) is 1.57. The Kier molecular flexibility index (Phi) is 3.05. The fourth-order valence-electron chi connectivity index (χ4n) is 2.16. The summed E-state index contributed by atoms with van der Waals surface area (Å²) in [6.07, 6.45) is 2.12. The minimum absolute atomic E-state index is 0.258. The summed E-state index contributed by atoms with van der Waals surface area (Å²) in [4.78, 5) is 5.44. The molecular formula is C12H15N3O2S. The van der Waals surface area contributed by atoms with Gasteiger partial charge in [-0.15, -0.1) is 11.3 Å². The predicted octanol–water partition coefficient (Wildman–Crippen LogP) is 2.58. The van der Waals surface area contributed by atoms with Crippen molar-refractivity contribution in [2.45, 2.75) is 25.7 Å². The smallest absolute Gasteiger partial charge is 0.268 e. The summed E-state index contributed by atoms with van der Waals surface area (Å²) in [6.45, 7) is 3.52. The number of nitrogen functional groups attached to an aromatic ring is 1. The topological polar surface area (TPSA) is 74.2 Å². The van der Waals surface area contributed by atoms with Crippen molar-refractivity contribution in [2.75, 3.05) is 18.9 Å². The fraction of sp³-hybridized carbons (Fsp3) is 0.500. The standard InChI is InChI=1S/C12H15N3O2S/c1-7-5-9(13)18-10(7)12-14-11(15-17-12)8-3-2-4-16-6-8/h5,8H,2-4,6,13H2,1H3. The van der Waals surface area contributed by atoms with E-state index in [1.165, 1.54) is 11.3 Å². The molecule has 0 amide bonds. The van der Waals surface area contributed by atoms with Crippen LogP contribution < -0.4 is 5.73 Å². The number of hydrogen-bond acceptors (Lipinski definition) is 6. The second-order valence-corrected chi connectivity index (χ2v) is 5.62. The molecule has 96 valence electrons. The number of nitrogens with two attached hydrogens (primary N) is 1. The monoisotopic (exact) mass is 265 g/mol. The molecule has 18 heavy (non-hydrogen) atoms. The van der Waals surface area contributed by atoms with Gasteiger partial charge in [0.05, 0.1) is 16.5 Å². The van der Waals surface area contributed by atoms with Crippen molar-refractivity contribution >= 4 is 16.3 Å². The summed E-state index contributed by atoms with van der Waals surface area (Å²) < 4.78 is 10.8. The zero-order valence-electron chi connectivity index (χ0n) is 10.2. The van der Waals surface area contributed by atoms with Gasteiger partial charge in [-0.25, -0.2) is 0 Å². The molecule has 0 aromatic carbocycles. The first-order valence-corrected chi connectivity index (χ1v) is 6.83. The van der Waals surface area contributed by atoms with Crippen LogP contribution in [0.15, 0.2) is 10.6 Å². The summed E-state index contributed by atoms with van der Waals surface area (Å²) >= 11 is 1.48. The van der Waals surface area contributed by atoms with E-state index in [-0.39, 0.29) is 5.92 Å². The van der Waals surface area contributed by atoms with Gasteiger partial charge in [0, 0.05) is 12.5 Å². The molecule has 2 N–H and O–H groups in total. The van der Waals surface area contributed by atoms with Crippen LogP contribution >= 0.6 is 11.3 Å². The highest BCUT2D eigenvalue weighted by Crippen LogP contribution is 2.34. The molecule has 1 aliphatic heterocycles. The average molecular weight is 265 g/mol. The lowest BCUT2D eigenvalue weighted by Crippen LogP contribution is -2.16. The van der Waals surface area contributed by atoms with Crippen molar-refractivity contribution in [3.63, 3.8) is 0 Å². The zero-order valence-corrected chi connectivity index (χ0v) is 11.0. The normalized spacial score (nSPS) is 20.2. The number of nitrogens with zero attached hydrogens (tertiary/aromatic N) is 2. The lowest BCUT2D eigenvalue weighted by molar-refractivity contribution is 0.0773. The number of hydrogen-bond donors (Lipinski definition) is 1. The van der Waals surface area contributed by atoms with E-state index in [4.69, 9.17) is 15.0 Å². The van der Waals surface area contributed by atoms with Gasteiger partial charge in [-0.2, -0.15) is 4.98 Å². The van der Waals surface area contributed by atoms with E-state index in [1.807, 2.05) is 13.0 Å². The van der Waals surface area contributed by atoms with Gasteiger partial charge in [-0.3, -0.25) is 0 Å². The molecule has 2 aromatic heterocycles. The minimum Gasteiger partial charge on any atom is -0.391 e. The third kappa shape index (κ3) is 2.13. The van der Waals surface area contributed by atoms with Crippen molar-refractivity contribution in [3.05, 3.63) is 17.5 Å². The molecule has 0 spiro atoms. The number of aryl methyl sites for hydroxylation is 1. The molecule has 3 heterocycles. The van der Waals surface area contributed by atoms with Gasteiger partial charge in [0.25, 0.3) is 5.89 Å². The third-order valence-corrected chi connectivity index (χ3v) is 4.15. The first-order valence-electron chi connectivity index (χ1n) is 6.01. The summed E-state index contributed by atoms with van der Waals surface area (Å²) in [5, 5.41) is 4.83. The molecular weight excluding hydrogens is 250 g/mol. The van der Waals surface area contributed by atoms with Crippen molar-refractivity contribution < 1.29 is 9.26 Å². The van der Waals surface area contributed by atoms with Gasteiger partial charge in [0.1, 0.15) is 0 Å². The second kappa shape index (κ2) is 4.70. The van der Waals surface area contributed by atoms with E-state index < -0.39 is 0 Å². The van der Waals surface area contributed by atoms with Crippen LogP contribution in [0, 0.1) is 6.92 Å². The SMILES string of the molecule is Cc1cc(N)sc1-c1nc(C2CCCOC2)no1. The summed E-state index contributed by atoms with van der Waals surface area (Å²) in [6, 6.07) is 1.92. The molecule has 1 fully saturated rings. The number of rotatable bonds is 2. The van der Waals surface area contributed by atoms with Crippen LogP contribution in [0.3, 0.4) is 0 Å². The molecule has 1 aliphatic rings. The number of aromatic nitrogens is 2. The van der Waals surface area contributed by atoms with Crippen molar-refractivity contribution in [2.24, 2.45) is 0 Å². The lowest BCUT2D eigenvalue weighted by Gasteiger charge is -2.18. The zero-order chi connectivity index (χ0) is 12.5. The van der Waals surface area contributed by atoms with Gasteiger partial charge in [-0.05, 0) is 31.4 Å². The van der Waals surface area contributed by atoms with Gasteiger partial charge >= 0.3 is 0 Å². The second-order valence-electron chi connectivity index (χ2n) is 4.53. The number of ether oxygens (including phenoxy) is 1. The quantitative estimate of drug-likeness (QED) is 0.903. The third-order valence-electron chi connectivity index (χ3n) is 3.10. The molecule has 3 rings (SSSR count). The molecule has 6 heteroatoms. The molecule has 1 saturated heterocycles. The molecule has 0 saturated carbocycles. The van der Waals surface area contributed by atoms with Crippen LogP contribution in [-0.4, -0.2) is 23.4 Å². The van der Waals surface area contributed by atoms with E-state index in [0.29, 0.717) is 12.5 Å². The Labute approximate surface area is 109 Å². The van der Waals surface area contributed by atoms with E-state index in [0.717, 1.165) is 40.7 Å². The fourth-order valence-corrected chi connectivity index (χ4v) is 3.02. The molecule has 5 nitrogen and oxygen atoms in total. The molecule has 0 bridgehead atoms. The Morgan fingerprint density at radius 3 is 3.06 bits per heavy atom. The molecule has 1 atom stereocenters. The predicted molar refractivity (Wildman–Crippen MR) is 69.6 cm³/mol. The highest BCUT2D eigenvalue weighted by atomic mass is 32.1. The number of anilines is 1. The van der Waals surface area contributed by atoms with E-state index >= 15 is 0 Å². The van der Waals surface area contributed by atoms with Crippen molar-refractivity contribution in [3.8, 4) is 10.8 Å². The van der Waals surface area contributed by atoms with Crippen LogP contribution in [0.2, 0.25) is 0 Å². The van der Waals surface area contributed by atoms with Gasteiger partial charge < -0.3 is 15.0 Å². The largest absolute Gasteiger partial charge is 0.391 e. The van der Waals surface area contributed by atoms with Crippen molar-refractivity contribution in [1.29, 1.82) is 0 Å². The first-order chi connectivity index (χ1) is 8.74. The Morgan fingerprint density at radius 2 is 2.39 bits per heavy atom. The maximum atomic E-state index is 5.78. The first kappa shape index (κ1) is 11.7. The molecule has 0 radical (unpaired) electrons. The van der Waals surface area contributed by atoms with Crippen LogP contribution in [0.1, 0.15) is 30.1 Å². The molecule has 0 aliphatic carbocycles. The molecule has 2 aromatic rings. The van der Waals surface area contributed by atoms with Gasteiger partial charge in [-0.1, -0.05) is 5.16 Å². The van der Waals surface area contributed by atoms with Gasteiger partial charge in [0.2, 0.25) is 0 Å². The lowest BCUT2D eigenvalue weighted by atomic mass is 10.0. The van der Waals surface area contributed by atoms with Crippen LogP contribution in [0.5, 0.6) is 0 Å². The molecule has 1 unspecified atom stereocenters. The van der Waals surface area contributed by atoms with Crippen LogP contribution in [-0.2, 0) is 4.74 Å². The maximum absolute atomic E-state index is 5.78. The maximum Gasteiger partial charge on any atom is 0.268 e. The Bertz CT molecular complexity index is 543. The Balaban J connectivity index is 1.86. The summed E-state index contributed by atoms with van der Waals surface area (Å²) in [7, 11) is 0.